The molecule has 19 heavy (non-hydrogen) atoms. The number of nitriles is 1. The van der Waals surface area contributed by atoms with Crippen LogP contribution >= 0.6 is 15.9 Å². The van der Waals surface area contributed by atoms with E-state index in [-0.39, 0.29) is 0 Å². The van der Waals surface area contributed by atoms with Crippen LogP contribution < -0.4 is 10.5 Å². The first-order valence-corrected chi connectivity index (χ1v) is 6.66. The van der Waals surface area contributed by atoms with Crippen LogP contribution in [0.5, 0.6) is 5.75 Å². The van der Waals surface area contributed by atoms with Gasteiger partial charge in [-0.05, 0) is 29.8 Å². The molecular formula is C15H13BrN2O. The van der Waals surface area contributed by atoms with E-state index in [1.165, 1.54) is 0 Å². The summed E-state index contributed by atoms with van der Waals surface area (Å²) in [6.07, 6.45) is 0.712. The molecule has 0 radical (unpaired) electrons. The lowest BCUT2D eigenvalue weighted by Crippen LogP contribution is -2.04. The van der Waals surface area contributed by atoms with Crippen molar-refractivity contribution in [2.45, 2.75) is 6.42 Å². The van der Waals surface area contributed by atoms with Gasteiger partial charge >= 0.3 is 0 Å². The van der Waals surface area contributed by atoms with Crippen LogP contribution in [-0.4, -0.2) is 6.61 Å². The van der Waals surface area contributed by atoms with E-state index in [1.54, 1.807) is 12.1 Å². The Balaban J connectivity index is 2.02. The van der Waals surface area contributed by atoms with Crippen molar-refractivity contribution in [2.75, 3.05) is 12.3 Å². The summed E-state index contributed by atoms with van der Waals surface area (Å²) >= 11 is 3.36. The van der Waals surface area contributed by atoms with Gasteiger partial charge < -0.3 is 10.5 Å². The number of nitrogen functional groups attached to an aromatic ring is 1. The zero-order valence-electron chi connectivity index (χ0n) is 10.3. The lowest BCUT2D eigenvalue weighted by Gasteiger charge is -2.09. The number of hydrogen-bond acceptors (Lipinski definition) is 3. The molecule has 0 aliphatic heterocycles. The quantitative estimate of drug-likeness (QED) is 0.878. The maximum Gasteiger partial charge on any atom is 0.138 e. The fourth-order valence-corrected chi connectivity index (χ4v) is 2.08. The molecule has 0 spiro atoms. The van der Waals surface area contributed by atoms with Gasteiger partial charge in [-0.3, -0.25) is 0 Å². The Bertz CT molecular complexity index is 620. The number of hydrogen-bond donors (Lipinski definition) is 1. The first-order chi connectivity index (χ1) is 9.20. The highest BCUT2D eigenvalue weighted by Crippen LogP contribution is 2.23. The number of para-hydroxylation sites is 1. The molecule has 0 bridgehead atoms. The third-order valence-electron chi connectivity index (χ3n) is 2.75. The molecule has 2 N–H and O–H groups in total. The number of benzene rings is 2. The van der Waals surface area contributed by atoms with Crippen molar-refractivity contribution in [3.05, 3.63) is 58.1 Å². The predicted octanol–water partition coefficient (Wildman–Crippen LogP) is 3.52. The molecule has 0 saturated heterocycles. The second kappa shape index (κ2) is 6.26. The zero-order chi connectivity index (χ0) is 13.7. The smallest absolute Gasteiger partial charge is 0.138 e. The number of nitrogens with two attached hydrogens (primary N) is 1. The molecule has 0 aromatic heterocycles. The van der Waals surface area contributed by atoms with Crippen LogP contribution in [0.15, 0.2) is 46.9 Å². The molecule has 0 aliphatic carbocycles. The Morgan fingerprint density at radius 1 is 1.21 bits per heavy atom. The second-order valence-electron chi connectivity index (χ2n) is 4.05. The summed E-state index contributed by atoms with van der Waals surface area (Å²) in [6.45, 7) is 0.485. The van der Waals surface area contributed by atoms with E-state index in [0.29, 0.717) is 24.3 Å². The fraction of sp³-hybridized carbons (Fsp3) is 0.133. The van der Waals surface area contributed by atoms with Gasteiger partial charge in [0.2, 0.25) is 0 Å². The SMILES string of the molecule is N#Cc1ccc(Br)cc1OCCc1ccccc1N. The average Bonchev–Trinajstić information content (AvgIpc) is 2.41. The van der Waals surface area contributed by atoms with Crippen LogP contribution in [0.2, 0.25) is 0 Å². The minimum atomic E-state index is 0.485. The van der Waals surface area contributed by atoms with Crippen molar-refractivity contribution in [3.8, 4) is 11.8 Å². The highest BCUT2D eigenvalue weighted by Gasteiger charge is 2.05. The van der Waals surface area contributed by atoms with Crippen molar-refractivity contribution in [1.29, 1.82) is 5.26 Å². The Morgan fingerprint density at radius 2 is 2.00 bits per heavy atom. The van der Waals surface area contributed by atoms with Gasteiger partial charge in [0.25, 0.3) is 0 Å². The molecule has 2 rings (SSSR count). The van der Waals surface area contributed by atoms with Gasteiger partial charge in [0.15, 0.2) is 0 Å². The number of rotatable bonds is 4. The molecule has 0 atom stereocenters. The number of ether oxygens (including phenoxy) is 1. The summed E-state index contributed by atoms with van der Waals surface area (Å²) in [4.78, 5) is 0. The largest absolute Gasteiger partial charge is 0.492 e. The molecule has 2 aromatic rings. The van der Waals surface area contributed by atoms with Crippen molar-refractivity contribution in [3.63, 3.8) is 0 Å². The summed E-state index contributed by atoms with van der Waals surface area (Å²) in [5.41, 5.74) is 8.21. The van der Waals surface area contributed by atoms with Crippen LogP contribution in [0.1, 0.15) is 11.1 Å². The summed E-state index contributed by atoms with van der Waals surface area (Å²) in [6, 6.07) is 15.2. The third kappa shape index (κ3) is 3.49. The molecule has 0 heterocycles. The topological polar surface area (TPSA) is 59.0 Å². The van der Waals surface area contributed by atoms with Gasteiger partial charge in [-0.25, -0.2) is 0 Å². The van der Waals surface area contributed by atoms with Crippen molar-refractivity contribution < 1.29 is 4.74 Å². The van der Waals surface area contributed by atoms with Gasteiger partial charge in [-0.1, -0.05) is 34.1 Å². The van der Waals surface area contributed by atoms with Gasteiger partial charge in [-0.2, -0.15) is 5.26 Å². The first kappa shape index (κ1) is 13.4. The van der Waals surface area contributed by atoms with E-state index in [1.807, 2.05) is 30.3 Å². The monoisotopic (exact) mass is 316 g/mol. The lowest BCUT2D eigenvalue weighted by molar-refractivity contribution is 0.321. The van der Waals surface area contributed by atoms with E-state index in [9.17, 15) is 0 Å². The normalized spacial score (nSPS) is 9.89. The molecule has 4 heteroatoms. The molecule has 0 aliphatic rings. The summed E-state index contributed by atoms with van der Waals surface area (Å²) in [5.74, 6) is 0.589. The molecular weight excluding hydrogens is 304 g/mol. The number of nitrogens with zero attached hydrogens (tertiary/aromatic N) is 1. The lowest BCUT2D eigenvalue weighted by atomic mass is 10.1. The highest BCUT2D eigenvalue weighted by atomic mass is 79.9. The standard InChI is InChI=1S/C15H13BrN2O/c16-13-6-5-12(10-17)15(9-13)19-8-7-11-3-1-2-4-14(11)18/h1-6,9H,7-8,18H2. The molecule has 0 amide bonds. The molecule has 2 aromatic carbocycles. The van der Waals surface area contributed by atoms with Crippen LogP contribution in [0.4, 0.5) is 5.69 Å². The molecule has 0 saturated carbocycles. The maximum atomic E-state index is 9.00. The first-order valence-electron chi connectivity index (χ1n) is 5.86. The van der Waals surface area contributed by atoms with E-state index < -0.39 is 0 Å². The fourth-order valence-electron chi connectivity index (χ4n) is 1.74. The van der Waals surface area contributed by atoms with E-state index in [2.05, 4.69) is 22.0 Å². The van der Waals surface area contributed by atoms with Crippen LogP contribution in [0.25, 0.3) is 0 Å². The molecule has 96 valence electrons. The third-order valence-corrected chi connectivity index (χ3v) is 3.24. The Kier molecular flexibility index (Phi) is 4.43. The molecule has 0 unspecified atom stereocenters. The summed E-state index contributed by atoms with van der Waals surface area (Å²) in [7, 11) is 0. The summed E-state index contributed by atoms with van der Waals surface area (Å²) < 4.78 is 6.55. The zero-order valence-corrected chi connectivity index (χ0v) is 11.9. The van der Waals surface area contributed by atoms with Gasteiger partial charge in [0.1, 0.15) is 11.8 Å². The van der Waals surface area contributed by atoms with E-state index >= 15 is 0 Å². The Hall–Kier alpha value is -1.99. The van der Waals surface area contributed by atoms with Crippen molar-refractivity contribution in [2.24, 2.45) is 0 Å². The second-order valence-corrected chi connectivity index (χ2v) is 4.97. The van der Waals surface area contributed by atoms with Crippen molar-refractivity contribution >= 4 is 21.6 Å². The van der Waals surface area contributed by atoms with Crippen LogP contribution in [0.3, 0.4) is 0 Å². The van der Waals surface area contributed by atoms with Gasteiger partial charge in [0, 0.05) is 16.6 Å². The minimum Gasteiger partial charge on any atom is -0.492 e. The molecule has 3 nitrogen and oxygen atoms in total. The maximum absolute atomic E-state index is 9.00. The highest BCUT2D eigenvalue weighted by molar-refractivity contribution is 9.10. The van der Waals surface area contributed by atoms with E-state index in [0.717, 1.165) is 15.7 Å². The molecule has 0 fully saturated rings. The van der Waals surface area contributed by atoms with E-state index in [4.69, 9.17) is 15.7 Å². The summed E-state index contributed by atoms with van der Waals surface area (Å²) in [5, 5.41) is 9.00. The minimum absolute atomic E-state index is 0.485. The van der Waals surface area contributed by atoms with Gasteiger partial charge in [-0.15, -0.1) is 0 Å². The van der Waals surface area contributed by atoms with Crippen molar-refractivity contribution in [1.82, 2.24) is 0 Å². The Morgan fingerprint density at radius 3 is 2.74 bits per heavy atom. The Labute approximate surface area is 120 Å². The van der Waals surface area contributed by atoms with Crippen LogP contribution in [0, 0.1) is 11.3 Å². The van der Waals surface area contributed by atoms with Crippen LogP contribution in [-0.2, 0) is 6.42 Å². The van der Waals surface area contributed by atoms with Gasteiger partial charge in [0.05, 0.1) is 12.2 Å². The number of halogens is 1. The average molecular weight is 317 g/mol. The number of anilines is 1. The predicted molar refractivity (Wildman–Crippen MR) is 78.9 cm³/mol.